The number of ether oxygens (including phenoxy) is 1. The summed E-state index contributed by atoms with van der Waals surface area (Å²) in [6.07, 6.45) is 2.64. The van der Waals surface area contributed by atoms with E-state index < -0.39 is 6.10 Å². The van der Waals surface area contributed by atoms with Crippen molar-refractivity contribution < 1.29 is 9.84 Å². The topological polar surface area (TPSA) is 29.5 Å². The Kier molecular flexibility index (Phi) is 4.83. The molecule has 1 aromatic rings. The second kappa shape index (κ2) is 6.29. The van der Waals surface area contributed by atoms with E-state index in [0.29, 0.717) is 5.92 Å². The molecule has 2 heterocycles. The van der Waals surface area contributed by atoms with Crippen LogP contribution in [0.1, 0.15) is 30.9 Å². The molecular weight excluding hydrogens is 404 g/mol. The fraction of sp³-hybridized carbons (Fsp3) is 0.600. The van der Waals surface area contributed by atoms with Gasteiger partial charge in [0.05, 0.1) is 11.7 Å². The third-order valence-electron chi connectivity index (χ3n) is 4.27. The van der Waals surface area contributed by atoms with Crippen molar-refractivity contribution in [1.82, 2.24) is 0 Å². The van der Waals surface area contributed by atoms with Crippen molar-refractivity contribution in [1.29, 1.82) is 0 Å². The highest BCUT2D eigenvalue weighted by atomic mass is 79.9. The Balaban J connectivity index is 1.77. The first-order chi connectivity index (χ1) is 9.58. The molecule has 2 nitrogen and oxygen atoms in total. The van der Waals surface area contributed by atoms with E-state index in [2.05, 4.69) is 31.9 Å². The maximum Gasteiger partial charge on any atom is 0.0820 e. The first-order valence-corrected chi connectivity index (χ1v) is 9.68. The summed E-state index contributed by atoms with van der Waals surface area (Å²) in [6, 6.07) is 6.03. The van der Waals surface area contributed by atoms with Crippen LogP contribution in [0, 0.1) is 5.92 Å². The van der Waals surface area contributed by atoms with Gasteiger partial charge in [0.2, 0.25) is 0 Å². The Morgan fingerprint density at radius 1 is 1.30 bits per heavy atom. The zero-order chi connectivity index (χ0) is 14.2. The zero-order valence-corrected chi connectivity index (χ0v) is 15.1. The molecule has 3 atom stereocenters. The molecule has 3 unspecified atom stereocenters. The molecule has 2 saturated heterocycles. The van der Waals surface area contributed by atoms with Crippen LogP contribution in [0.15, 0.2) is 27.1 Å². The number of aliphatic hydroxyl groups is 1. The maximum absolute atomic E-state index is 10.7. The molecule has 20 heavy (non-hydrogen) atoms. The number of hydrogen-bond acceptors (Lipinski definition) is 3. The maximum atomic E-state index is 10.7. The fourth-order valence-electron chi connectivity index (χ4n) is 3.22. The molecule has 1 spiro atoms. The molecule has 2 aliphatic rings. The first kappa shape index (κ1) is 15.3. The summed E-state index contributed by atoms with van der Waals surface area (Å²) < 4.78 is 8.04. The molecule has 1 N–H and O–H groups in total. The summed E-state index contributed by atoms with van der Waals surface area (Å²) in [7, 11) is 0. The van der Waals surface area contributed by atoms with E-state index in [1.807, 2.05) is 30.0 Å². The molecule has 0 aliphatic carbocycles. The van der Waals surface area contributed by atoms with Gasteiger partial charge in [0.25, 0.3) is 0 Å². The Bertz CT molecular complexity index is 469. The zero-order valence-electron chi connectivity index (χ0n) is 11.1. The van der Waals surface area contributed by atoms with Crippen LogP contribution in [0.4, 0.5) is 0 Å². The van der Waals surface area contributed by atoms with Crippen molar-refractivity contribution in [3.8, 4) is 0 Å². The third-order valence-corrected chi connectivity index (χ3v) is 6.41. The van der Waals surface area contributed by atoms with Gasteiger partial charge < -0.3 is 9.84 Å². The van der Waals surface area contributed by atoms with Gasteiger partial charge in [0.15, 0.2) is 0 Å². The van der Waals surface area contributed by atoms with Gasteiger partial charge >= 0.3 is 0 Å². The van der Waals surface area contributed by atoms with Crippen molar-refractivity contribution in [3.05, 3.63) is 32.7 Å². The van der Waals surface area contributed by atoms with Crippen molar-refractivity contribution in [2.75, 3.05) is 18.1 Å². The van der Waals surface area contributed by atoms with Crippen molar-refractivity contribution >= 4 is 43.6 Å². The Morgan fingerprint density at radius 3 is 2.70 bits per heavy atom. The monoisotopic (exact) mass is 420 g/mol. The van der Waals surface area contributed by atoms with Crippen LogP contribution in [0.3, 0.4) is 0 Å². The highest BCUT2D eigenvalue weighted by Gasteiger charge is 2.42. The van der Waals surface area contributed by atoms with Crippen LogP contribution in [-0.2, 0) is 4.74 Å². The lowest BCUT2D eigenvalue weighted by molar-refractivity contribution is -0.102. The largest absolute Gasteiger partial charge is 0.388 e. The van der Waals surface area contributed by atoms with E-state index in [9.17, 15) is 5.11 Å². The number of thioether (sulfide) groups is 1. The minimum Gasteiger partial charge on any atom is -0.388 e. The SMILES string of the molecule is OC(c1cc(Br)cc(Br)c1)C1CCOC2(CCSC2)C1. The molecular formula is C15H18Br2O2S. The van der Waals surface area contributed by atoms with Crippen LogP contribution < -0.4 is 0 Å². The molecule has 0 bridgehead atoms. The molecule has 0 aromatic heterocycles. The van der Waals surface area contributed by atoms with E-state index in [0.717, 1.165) is 46.1 Å². The molecule has 110 valence electrons. The Morgan fingerprint density at radius 2 is 2.05 bits per heavy atom. The van der Waals surface area contributed by atoms with Gasteiger partial charge in [-0.25, -0.2) is 0 Å². The normalized spacial score (nSPS) is 31.6. The van der Waals surface area contributed by atoms with Crippen molar-refractivity contribution in [2.45, 2.75) is 31.0 Å². The highest BCUT2D eigenvalue weighted by molar-refractivity contribution is 9.11. The molecule has 0 radical (unpaired) electrons. The van der Waals surface area contributed by atoms with E-state index in [4.69, 9.17) is 4.74 Å². The predicted octanol–water partition coefficient (Wildman–Crippen LogP) is 4.55. The average Bonchev–Trinajstić information content (AvgIpc) is 2.85. The lowest BCUT2D eigenvalue weighted by Crippen LogP contribution is -2.41. The summed E-state index contributed by atoms with van der Waals surface area (Å²) in [5.74, 6) is 2.56. The first-order valence-electron chi connectivity index (χ1n) is 6.94. The number of aliphatic hydroxyl groups excluding tert-OH is 1. The van der Waals surface area contributed by atoms with Crippen molar-refractivity contribution in [2.24, 2.45) is 5.92 Å². The van der Waals surface area contributed by atoms with Crippen LogP contribution in [0.25, 0.3) is 0 Å². The molecule has 3 rings (SSSR count). The number of benzene rings is 1. The average molecular weight is 422 g/mol. The lowest BCUT2D eigenvalue weighted by atomic mass is 9.80. The summed E-state index contributed by atoms with van der Waals surface area (Å²) in [5, 5.41) is 10.7. The van der Waals surface area contributed by atoms with Crippen LogP contribution in [0.5, 0.6) is 0 Å². The summed E-state index contributed by atoms with van der Waals surface area (Å²) >= 11 is 8.96. The smallest absolute Gasteiger partial charge is 0.0820 e. The van der Waals surface area contributed by atoms with Crippen molar-refractivity contribution in [3.63, 3.8) is 0 Å². The molecule has 0 amide bonds. The Hall–Kier alpha value is 0.450. The van der Waals surface area contributed by atoms with Gasteiger partial charge in [-0.2, -0.15) is 11.8 Å². The number of halogens is 2. The van der Waals surface area contributed by atoms with Gasteiger partial charge in [0.1, 0.15) is 0 Å². The third kappa shape index (κ3) is 3.27. The molecule has 0 saturated carbocycles. The van der Waals surface area contributed by atoms with Crippen LogP contribution in [0.2, 0.25) is 0 Å². The summed E-state index contributed by atoms with van der Waals surface area (Å²) in [6.45, 7) is 0.775. The van der Waals surface area contributed by atoms with Gasteiger partial charge in [0, 0.05) is 21.3 Å². The predicted molar refractivity (Wildman–Crippen MR) is 90.2 cm³/mol. The summed E-state index contributed by atoms with van der Waals surface area (Å²) in [5.41, 5.74) is 1.01. The lowest BCUT2D eigenvalue weighted by Gasteiger charge is -2.39. The van der Waals surface area contributed by atoms with E-state index in [1.54, 1.807) is 0 Å². The molecule has 1 aromatic carbocycles. The summed E-state index contributed by atoms with van der Waals surface area (Å²) in [4.78, 5) is 0. The molecule has 2 fully saturated rings. The number of hydrogen-bond donors (Lipinski definition) is 1. The van der Waals surface area contributed by atoms with Gasteiger partial charge in [-0.15, -0.1) is 0 Å². The minimum absolute atomic E-state index is 0.0256. The van der Waals surface area contributed by atoms with E-state index in [1.165, 1.54) is 5.75 Å². The molecule has 5 heteroatoms. The van der Waals surface area contributed by atoms with E-state index >= 15 is 0 Å². The number of rotatable bonds is 2. The minimum atomic E-state index is -0.407. The van der Waals surface area contributed by atoms with Crippen LogP contribution in [-0.4, -0.2) is 28.8 Å². The van der Waals surface area contributed by atoms with Gasteiger partial charge in [-0.05, 0) is 54.7 Å². The van der Waals surface area contributed by atoms with Gasteiger partial charge in [-0.1, -0.05) is 31.9 Å². The Labute approximate surface area is 140 Å². The highest BCUT2D eigenvalue weighted by Crippen LogP contribution is 2.44. The second-order valence-corrected chi connectivity index (χ2v) is 8.67. The van der Waals surface area contributed by atoms with Gasteiger partial charge in [-0.3, -0.25) is 0 Å². The standard InChI is InChI=1S/C15H18Br2O2S/c16-12-5-11(6-13(17)7-12)14(18)10-1-3-19-15(8-10)2-4-20-9-15/h5-7,10,14,18H,1-4,8-9H2. The fourth-order valence-corrected chi connectivity index (χ4v) is 5.92. The second-order valence-electron chi connectivity index (χ2n) is 5.73. The van der Waals surface area contributed by atoms with E-state index in [-0.39, 0.29) is 5.60 Å². The quantitative estimate of drug-likeness (QED) is 0.759. The molecule has 2 aliphatic heterocycles. The van der Waals surface area contributed by atoms with Crippen LogP contribution >= 0.6 is 43.6 Å².